The van der Waals surface area contributed by atoms with Crippen LogP contribution < -0.4 is 20.4 Å². The molecule has 1 aromatic carbocycles. The summed E-state index contributed by atoms with van der Waals surface area (Å²) in [5.41, 5.74) is 8.70. The molecule has 2 aromatic rings. The van der Waals surface area contributed by atoms with Crippen LogP contribution in [-0.2, 0) is 14.9 Å². The normalized spacial score (nSPS) is 17.1. The first kappa shape index (κ1) is 28.8. The average Bonchev–Trinajstić information content (AvgIpc) is 3.15. The minimum Gasteiger partial charge on any atom is -0.465 e. The Kier molecular flexibility index (Phi) is 10.2. The summed E-state index contributed by atoms with van der Waals surface area (Å²) in [6.45, 7) is 3.98. The second-order valence-electron chi connectivity index (χ2n) is 9.31. The van der Waals surface area contributed by atoms with Crippen molar-refractivity contribution in [2.24, 2.45) is 4.99 Å². The van der Waals surface area contributed by atoms with Gasteiger partial charge < -0.3 is 16.2 Å². The number of hydrogen-bond acceptors (Lipinski definition) is 7. The third kappa shape index (κ3) is 7.60. The summed E-state index contributed by atoms with van der Waals surface area (Å²) in [6, 6.07) is 7.84. The number of nitrogens with zero attached hydrogens (tertiary/aromatic N) is 3. The number of benzene rings is 1. The molecule has 1 aliphatic heterocycles. The van der Waals surface area contributed by atoms with E-state index in [1.165, 1.54) is 0 Å². The Morgan fingerprint density at radius 2 is 1.84 bits per heavy atom. The van der Waals surface area contributed by atoms with Gasteiger partial charge in [-0.15, -0.1) is 4.65 Å². The topological polar surface area (TPSA) is 156 Å². The summed E-state index contributed by atoms with van der Waals surface area (Å²) in [4.78, 5) is 26.8. The molecule has 0 aliphatic carbocycles. The van der Waals surface area contributed by atoms with Crippen molar-refractivity contribution in [1.29, 1.82) is 0 Å². The van der Waals surface area contributed by atoms with Gasteiger partial charge in [-0.1, -0.05) is 31.9 Å². The van der Waals surface area contributed by atoms with Crippen LogP contribution in [0, 0.1) is 0 Å². The van der Waals surface area contributed by atoms with Gasteiger partial charge in [-0.3, -0.25) is 0 Å². The second-order valence-corrected chi connectivity index (χ2v) is 11.1. The highest BCUT2D eigenvalue weighted by molar-refractivity contribution is 7.88. The maximum atomic E-state index is 11.5. The van der Waals surface area contributed by atoms with E-state index in [-0.39, 0.29) is 4.65 Å². The lowest BCUT2D eigenvalue weighted by atomic mass is 10.1. The summed E-state index contributed by atoms with van der Waals surface area (Å²) in [5.74, 6) is 1.25. The molecule has 0 fully saturated rings. The number of nitrogens with one attached hydrogen (secondary N) is 2. The quantitative estimate of drug-likeness (QED) is 0.186. The number of anilines is 1. The van der Waals surface area contributed by atoms with Crippen LogP contribution in [0.2, 0.25) is 0 Å². The van der Waals surface area contributed by atoms with Crippen LogP contribution in [0.5, 0.6) is 0 Å². The van der Waals surface area contributed by atoms with Gasteiger partial charge in [-0.2, -0.15) is 9.83 Å². The number of aromatic nitrogens is 1. The number of amidine groups is 1. The number of sulfonamides is 1. The molecule has 0 bridgehead atoms. The number of amides is 1. The molecule has 0 saturated carbocycles. The SMILES string of the molecule is CCCC1=Nc2c(N)nc3ccccc3c2[N+]1(CCCCNS(C)(=O)=O)OCCCCCCNC(=O)O. The van der Waals surface area contributed by atoms with E-state index in [2.05, 4.69) is 21.9 Å². The number of hydrogen-bond donors (Lipinski definition) is 4. The maximum Gasteiger partial charge on any atom is 0.404 e. The molecule has 1 atom stereocenters. The van der Waals surface area contributed by atoms with E-state index in [9.17, 15) is 13.2 Å². The number of carbonyl (C=O) groups is 1. The number of nitrogen functional groups attached to an aromatic ring is 1. The van der Waals surface area contributed by atoms with E-state index in [0.717, 1.165) is 67.2 Å². The Balaban J connectivity index is 1.83. The van der Waals surface area contributed by atoms with E-state index in [1.807, 2.05) is 24.3 Å². The number of pyridine rings is 1. The van der Waals surface area contributed by atoms with Crippen LogP contribution in [0.1, 0.15) is 58.3 Å². The second kappa shape index (κ2) is 13.1. The van der Waals surface area contributed by atoms with Crippen LogP contribution >= 0.6 is 0 Å². The molecule has 11 nitrogen and oxygen atoms in total. The molecule has 0 saturated heterocycles. The number of rotatable bonds is 16. The van der Waals surface area contributed by atoms with E-state index < -0.39 is 16.1 Å². The molecule has 3 rings (SSSR count). The number of unbranched alkanes of at least 4 members (excludes halogenated alkanes) is 4. The van der Waals surface area contributed by atoms with Crippen LogP contribution in [0.15, 0.2) is 29.3 Å². The standard InChI is InChI=1S/C25H38N6O5S/c1-3-12-21-30-22-23(19-13-6-7-14-20(19)29-24(22)26)31(21,17-10-9-16-28-37(2,34)35)36-18-11-5-4-8-15-27-25(32)33/h6-7,13-14,27-28H,3-5,8-12,15-18H2,1-2H3,(H2-,26,29,32,33)/p+1. The fraction of sp³-hybridized carbons (Fsp3) is 0.560. The fourth-order valence-electron chi connectivity index (χ4n) is 4.64. The molecule has 5 N–H and O–H groups in total. The van der Waals surface area contributed by atoms with Crippen molar-refractivity contribution in [1.82, 2.24) is 19.7 Å². The van der Waals surface area contributed by atoms with Gasteiger partial charge in [0.2, 0.25) is 21.5 Å². The van der Waals surface area contributed by atoms with Crippen LogP contribution in [0.3, 0.4) is 0 Å². The minimum atomic E-state index is -3.25. The average molecular weight is 536 g/mol. The molecule has 204 valence electrons. The molecule has 2 heterocycles. The van der Waals surface area contributed by atoms with Gasteiger partial charge in [0.05, 0.1) is 17.2 Å². The van der Waals surface area contributed by atoms with Crippen molar-refractivity contribution < 1.29 is 23.2 Å². The molecule has 0 radical (unpaired) electrons. The zero-order valence-electron chi connectivity index (χ0n) is 21.7. The number of fused-ring (bicyclic) bond motifs is 3. The highest BCUT2D eigenvalue weighted by Gasteiger charge is 2.48. The summed E-state index contributed by atoms with van der Waals surface area (Å²) in [7, 11) is -3.25. The summed E-state index contributed by atoms with van der Waals surface area (Å²) in [5, 5.41) is 12.0. The molecule has 1 unspecified atom stereocenters. The van der Waals surface area contributed by atoms with E-state index in [1.54, 1.807) is 0 Å². The lowest BCUT2D eigenvalue weighted by molar-refractivity contribution is -0.0909. The maximum absolute atomic E-state index is 11.5. The number of hydroxylamine groups is 2. The van der Waals surface area contributed by atoms with Gasteiger partial charge in [-0.25, -0.2) is 22.9 Å². The van der Waals surface area contributed by atoms with E-state index in [0.29, 0.717) is 50.6 Å². The fourth-order valence-corrected chi connectivity index (χ4v) is 5.15. The highest BCUT2D eigenvalue weighted by atomic mass is 32.2. The third-order valence-corrected chi connectivity index (χ3v) is 7.01. The molecule has 1 aliphatic rings. The third-order valence-electron chi connectivity index (χ3n) is 6.28. The first-order valence-electron chi connectivity index (χ1n) is 12.9. The van der Waals surface area contributed by atoms with E-state index in [4.69, 9.17) is 20.7 Å². The summed E-state index contributed by atoms with van der Waals surface area (Å²) >= 11 is 0. The van der Waals surface area contributed by atoms with Crippen molar-refractivity contribution in [3.8, 4) is 0 Å². The Bertz CT molecular complexity index is 1220. The van der Waals surface area contributed by atoms with E-state index >= 15 is 0 Å². The minimum absolute atomic E-state index is 0.135. The first-order valence-corrected chi connectivity index (χ1v) is 14.8. The Morgan fingerprint density at radius 1 is 1.11 bits per heavy atom. The molecular formula is C25H39N6O5S+. The lowest BCUT2D eigenvalue weighted by Crippen LogP contribution is -2.53. The van der Waals surface area contributed by atoms with Gasteiger partial charge in [0.1, 0.15) is 13.2 Å². The van der Waals surface area contributed by atoms with Crippen molar-refractivity contribution in [3.63, 3.8) is 0 Å². The number of para-hydroxylation sites is 1. The highest BCUT2D eigenvalue weighted by Crippen LogP contribution is 2.49. The van der Waals surface area contributed by atoms with Gasteiger partial charge in [0.15, 0.2) is 11.5 Å². The molecule has 12 heteroatoms. The molecular weight excluding hydrogens is 496 g/mol. The predicted octanol–water partition coefficient (Wildman–Crippen LogP) is 4.06. The smallest absolute Gasteiger partial charge is 0.404 e. The zero-order valence-corrected chi connectivity index (χ0v) is 22.5. The van der Waals surface area contributed by atoms with Crippen molar-refractivity contribution in [3.05, 3.63) is 24.3 Å². The number of aliphatic imine (C=N–C) groups is 1. The monoisotopic (exact) mass is 535 g/mol. The van der Waals surface area contributed by atoms with Crippen molar-refractivity contribution in [2.45, 2.75) is 58.3 Å². The summed E-state index contributed by atoms with van der Waals surface area (Å²) < 4.78 is 25.7. The predicted molar refractivity (Wildman–Crippen MR) is 147 cm³/mol. The molecule has 0 spiro atoms. The van der Waals surface area contributed by atoms with Crippen LogP contribution in [0.4, 0.5) is 22.0 Å². The van der Waals surface area contributed by atoms with Crippen LogP contribution in [0.25, 0.3) is 10.9 Å². The Hall–Kier alpha value is -2.80. The number of quaternary nitrogens is 1. The number of nitrogens with two attached hydrogens (primary N) is 1. The zero-order chi connectivity index (χ0) is 26.9. The van der Waals surface area contributed by atoms with Gasteiger partial charge >= 0.3 is 6.09 Å². The lowest BCUT2D eigenvalue weighted by Gasteiger charge is -2.33. The Morgan fingerprint density at radius 3 is 2.57 bits per heavy atom. The number of carboxylic acid groups (broad SMARTS) is 1. The van der Waals surface area contributed by atoms with Crippen LogP contribution in [-0.4, -0.2) is 62.9 Å². The van der Waals surface area contributed by atoms with Gasteiger partial charge in [0.25, 0.3) is 0 Å². The van der Waals surface area contributed by atoms with Crippen molar-refractivity contribution in [2.75, 3.05) is 38.2 Å². The van der Waals surface area contributed by atoms with Gasteiger partial charge in [-0.05, 0) is 37.8 Å². The largest absolute Gasteiger partial charge is 0.465 e. The molecule has 37 heavy (non-hydrogen) atoms. The van der Waals surface area contributed by atoms with Gasteiger partial charge in [0, 0.05) is 25.9 Å². The molecule has 1 amide bonds. The molecule has 1 aromatic heterocycles. The summed E-state index contributed by atoms with van der Waals surface area (Å²) in [6.07, 6.45) is 6.53. The van der Waals surface area contributed by atoms with Crippen molar-refractivity contribution >= 4 is 50.0 Å². The first-order chi connectivity index (χ1) is 17.7. The Labute approximate surface area is 218 Å².